The first-order valence-electron chi connectivity index (χ1n) is 3.95. The number of nitrogens with zero attached hydrogens (tertiary/aromatic N) is 3. The molecule has 1 aromatic heterocycles. The smallest absolute Gasteiger partial charge is 0.309 e. The fraction of sp³-hybridized carbons (Fsp3) is 0.429. The van der Waals surface area contributed by atoms with E-state index in [-0.39, 0.29) is 17.6 Å². The Morgan fingerprint density at radius 3 is 2.85 bits per heavy atom. The maximum absolute atomic E-state index is 10.6. The van der Waals surface area contributed by atoms with Gasteiger partial charge in [-0.1, -0.05) is 0 Å². The van der Waals surface area contributed by atoms with Crippen LogP contribution < -0.4 is 5.73 Å². The van der Waals surface area contributed by atoms with Crippen LogP contribution in [0.25, 0.3) is 0 Å². The molecule has 0 bridgehead atoms. The molecule has 0 amide bonds. The minimum atomic E-state index is -0.465. The molecule has 1 fully saturated rings. The minimum absolute atomic E-state index is 0.0169. The molecule has 0 atom stereocenters. The third kappa shape index (κ3) is 1.42. The van der Waals surface area contributed by atoms with E-state index in [0.717, 1.165) is 12.8 Å². The van der Waals surface area contributed by atoms with Gasteiger partial charge < -0.3 is 5.73 Å². The first-order chi connectivity index (χ1) is 6.18. The summed E-state index contributed by atoms with van der Waals surface area (Å²) in [7, 11) is 0. The normalized spacial score (nSPS) is 15.7. The van der Waals surface area contributed by atoms with Gasteiger partial charge in [-0.2, -0.15) is 0 Å². The second kappa shape index (κ2) is 2.65. The van der Waals surface area contributed by atoms with E-state index < -0.39 is 4.92 Å². The summed E-state index contributed by atoms with van der Waals surface area (Å²) in [5, 5.41) is 10.6. The molecule has 1 aliphatic carbocycles. The van der Waals surface area contributed by atoms with E-state index in [0.29, 0.717) is 5.69 Å². The van der Waals surface area contributed by atoms with Crippen LogP contribution in [0.4, 0.5) is 11.6 Å². The van der Waals surface area contributed by atoms with Crippen LogP contribution in [0.5, 0.6) is 0 Å². The van der Waals surface area contributed by atoms with Crippen LogP contribution in [0, 0.1) is 10.1 Å². The summed E-state index contributed by atoms with van der Waals surface area (Å²) in [5.74, 6) is 0.318. The quantitative estimate of drug-likeness (QED) is 0.537. The van der Waals surface area contributed by atoms with Crippen LogP contribution in [0.3, 0.4) is 0 Å². The van der Waals surface area contributed by atoms with E-state index in [2.05, 4.69) is 9.97 Å². The van der Waals surface area contributed by atoms with Gasteiger partial charge in [0.05, 0.1) is 4.92 Å². The average Bonchev–Trinajstić information content (AvgIpc) is 2.85. The molecule has 0 aromatic carbocycles. The SMILES string of the molecule is Nc1ncc([N+](=O)[O-])c(C2CC2)n1. The van der Waals surface area contributed by atoms with Gasteiger partial charge in [-0.3, -0.25) is 10.1 Å². The fourth-order valence-electron chi connectivity index (χ4n) is 1.20. The zero-order valence-corrected chi connectivity index (χ0v) is 6.80. The Kier molecular flexibility index (Phi) is 1.61. The Bertz CT molecular complexity index is 362. The molecule has 2 N–H and O–H groups in total. The van der Waals surface area contributed by atoms with Gasteiger partial charge in [0, 0.05) is 5.92 Å². The lowest BCUT2D eigenvalue weighted by molar-refractivity contribution is -0.386. The third-order valence-electron chi connectivity index (χ3n) is 1.98. The number of rotatable bonds is 2. The maximum Gasteiger partial charge on any atom is 0.309 e. The Morgan fingerprint density at radius 1 is 1.62 bits per heavy atom. The van der Waals surface area contributed by atoms with E-state index in [4.69, 9.17) is 5.73 Å². The summed E-state index contributed by atoms with van der Waals surface area (Å²) in [5.41, 5.74) is 5.82. The summed E-state index contributed by atoms with van der Waals surface area (Å²) >= 11 is 0. The number of nitrogens with two attached hydrogens (primary N) is 1. The predicted octanol–water partition coefficient (Wildman–Crippen LogP) is 0.844. The molecule has 0 saturated heterocycles. The number of hydrogen-bond donors (Lipinski definition) is 1. The van der Waals surface area contributed by atoms with Crippen molar-refractivity contribution in [1.29, 1.82) is 0 Å². The predicted molar refractivity (Wildman–Crippen MR) is 45.1 cm³/mol. The zero-order chi connectivity index (χ0) is 9.42. The Hall–Kier alpha value is -1.72. The standard InChI is InChI=1S/C7H8N4O2/c8-7-9-3-5(11(12)13)6(10-7)4-1-2-4/h3-4H,1-2H2,(H2,8,9,10). The molecular weight excluding hydrogens is 172 g/mol. The van der Waals surface area contributed by atoms with Gasteiger partial charge in [0.15, 0.2) is 0 Å². The van der Waals surface area contributed by atoms with Crippen LogP contribution in [0.2, 0.25) is 0 Å². The van der Waals surface area contributed by atoms with E-state index in [1.807, 2.05) is 0 Å². The first-order valence-corrected chi connectivity index (χ1v) is 3.95. The van der Waals surface area contributed by atoms with Crippen molar-refractivity contribution in [3.05, 3.63) is 22.0 Å². The van der Waals surface area contributed by atoms with Crippen molar-refractivity contribution in [2.45, 2.75) is 18.8 Å². The highest BCUT2D eigenvalue weighted by Crippen LogP contribution is 2.42. The van der Waals surface area contributed by atoms with Crippen molar-refractivity contribution in [1.82, 2.24) is 9.97 Å². The van der Waals surface area contributed by atoms with Crippen LogP contribution in [-0.4, -0.2) is 14.9 Å². The fourth-order valence-corrected chi connectivity index (χ4v) is 1.20. The molecule has 0 spiro atoms. The lowest BCUT2D eigenvalue weighted by Gasteiger charge is -1.99. The van der Waals surface area contributed by atoms with Gasteiger partial charge >= 0.3 is 5.69 Å². The molecule has 6 heteroatoms. The highest BCUT2D eigenvalue weighted by Gasteiger charge is 2.32. The second-order valence-corrected chi connectivity index (χ2v) is 3.03. The van der Waals surface area contributed by atoms with E-state index in [9.17, 15) is 10.1 Å². The lowest BCUT2D eigenvalue weighted by atomic mass is 10.2. The summed E-state index contributed by atoms with van der Waals surface area (Å²) in [6, 6.07) is 0. The largest absolute Gasteiger partial charge is 0.368 e. The maximum atomic E-state index is 10.6. The van der Waals surface area contributed by atoms with Crippen molar-refractivity contribution in [2.24, 2.45) is 0 Å². The first kappa shape index (κ1) is 7.90. The van der Waals surface area contributed by atoms with Crippen LogP contribution >= 0.6 is 0 Å². The summed E-state index contributed by atoms with van der Waals surface area (Å²) in [6.45, 7) is 0. The molecular formula is C7H8N4O2. The molecule has 68 valence electrons. The summed E-state index contributed by atoms with van der Waals surface area (Å²) in [6.07, 6.45) is 3.09. The molecule has 0 aliphatic heterocycles. The van der Waals surface area contributed by atoms with Crippen LogP contribution in [-0.2, 0) is 0 Å². The van der Waals surface area contributed by atoms with Crippen LogP contribution in [0.1, 0.15) is 24.5 Å². The second-order valence-electron chi connectivity index (χ2n) is 3.03. The van der Waals surface area contributed by atoms with Crippen molar-refractivity contribution in [3.8, 4) is 0 Å². The number of hydrogen-bond acceptors (Lipinski definition) is 5. The molecule has 13 heavy (non-hydrogen) atoms. The Balaban J connectivity index is 2.47. The molecule has 6 nitrogen and oxygen atoms in total. The van der Waals surface area contributed by atoms with Crippen molar-refractivity contribution < 1.29 is 4.92 Å². The van der Waals surface area contributed by atoms with E-state index in [1.54, 1.807) is 0 Å². The van der Waals surface area contributed by atoms with Crippen molar-refractivity contribution in [3.63, 3.8) is 0 Å². The van der Waals surface area contributed by atoms with Crippen molar-refractivity contribution >= 4 is 11.6 Å². The van der Waals surface area contributed by atoms with Gasteiger partial charge in [0.2, 0.25) is 5.95 Å². The molecule has 0 radical (unpaired) electrons. The Labute approximate surface area is 74.0 Å². The molecule has 0 unspecified atom stereocenters. The monoisotopic (exact) mass is 180 g/mol. The Morgan fingerprint density at radius 2 is 2.31 bits per heavy atom. The van der Waals surface area contributed by atoms with Crippen LogP contribution in [0.15, 0.2) is 6.20 Å². The molecule has 1 heterocycles. The minimum Gasteiger partial charge on any atom is -0.368 e. The number of aromatic nitrogens is 2. The summed E-state index contributed by atoms with van der Waals surface area (Å²) < 4.78 is 0. The van der Waals surface area contributed by atoms with Gasteiger partial charge in [0.25, 0.3) is 0 Å². The topological polar surface area (TPSA) is 94.9 Å². The van der Waals surface area contributed by atoms with Crippen molar-refractivity contribution in [2.75, 3.05) is 5.73 Å². The van der Waals surface area contributed by atoms with Gasteiger partial charge in [-0.15, -0.1) is 0 Å². The third-order valence-corrected chi connectivity index (χ3v) is 1.98. The number of nitro groups is 1. The highest BCUT2D eigenvalue weighted by molar-refractivity contribution is 5.40. The molecule has 2 rings (SSSR count). The highest BCUT2D eigenvalue weighted by atomic mass is 16.6. The molecule has 1 saturated carbocycles. The molecule has 1 aliphatic rings. The number of anilines is 1. The van der Waals surface area contributed by atoms with E-state index in [1.165, 1.54) is 6.20 Å². The van der Waals surface area contributed by atoms with E-state index >= 15 is 0 Å². The van der Waals surface area contributed by atoms with Gasteiger partial charge in [0.1, 0.15) is 11.9 Å². The lowest BCUT2D eigenvalue weighted by Crippen LogP contribution is -2.02. The number of nitrogen functional groups attached to an aromatic ring is 1. The summed E-state index contributed by atoms with van der Waals surface area (Å²) in [4.78, 5) is 17.6. The van der Waals surface area contributed by atoms with Gasteiger partial charge in [-0.05, 0) is 12.8 Å². The average molecular weight is 180 g/mol. The molecule has 1 aromatic rings. The van der Waals surface area contributed by atoms with Gasteiger partial charge in [-0.25, -0.2) is 9.97 Å². The zero-order valence-electron chi connectivity index (χ0n) is 6.80.